The number of hydrogen-bond acceptors (Lipinski definition) is 5. The highest BCUT2D eigenvalue weighted by atomic mass is 16.5. The van der Waals surface area contributed by atoms with E-state index in [4.69, 9.17) is 4.74 Å². The molecule has 0 radical (unpaired) electrons. The third-order valence-electron chi connectivity index (χ3n) is 3.46. The summed E-state index contributed by atoms with van der Waals surface area (Å²) in [6, 6.07) is 8.48. The molecular formula is C20H27N3O3. The summed E-state index contributed by atoms with van der Waals surface area (Å²) in [6.07, 6.45) is 1.59. The van der Waals surface area contributed by atoms with Crippen LogP contribution in [0.4, 0.5) is 5.69 Å². The zero-order chi connectivity index (χ0) is 19.7. The SMILES string of the molecule is COC(=O)c1ccccc1NC(=O)/C(C#N)=C\N(CC(C)C)CC(C)C. The molecule has 1 aromatic rings. The molecule has 26 heavy (non-hydrogen) atoms. The van der Waals surface area contributed by atoms with Gasteiger partial charge in [-0.25, -0.2) is 4.79 Å². The Bertz CT molecular complexity index is 692. The first-order valence-corrected chi connectivity index (χ1v) is 8.63. The van der Waals surface area contributed by atoms with Crippen molar-refractivity contribution in [2.45, 2.75) is 27.7 Å². The summed E-state index contributed by atoms with van der Waals surface area (Å²) in [6.45, 7) is 9.82. The molecule has 0 aliphatic rings. The number of esters is 1. The van der Waals surface area contributed by atoms with Crippen LogP contribution in [0.1, 0.15) is 38.1 Å². The van der Waals surface area contributed by atoms with Crippen LogP contribution in [-0.4, -0.2) is 37.0 Å². The van der Waals surface area contributed by atoms with E-state index in [0.717, 1.165) is 13.1 Å². The fourth-order valence-corrected chi connectivity index (χ4v) is 2.51. The van der Waals surface area contributed by atoms with Crippen LogP contribution in [-0.2, 0) is 9.53 Å². The molecule has 140 valence electrons. The van der Waals surface area contributed by atoms with Crippen LogP contribution in [0.3, 0.4) is 0 Å². The minimum atomic E-state index is -0.554. The lowest BCUT2D eigenvalue weighted by Gasteiger charge is -2.25. The van der Waals surface area contributed by atoms with Crippen LogP contribution in [0.2, 0.25) is 0 Å². The fourth-order valence-electron chi connectivity index (χ4n) is 2.51. The number of methoxy groups -OCH3 is 1. The molecule has 1 amide bonds. The Balaban J connectivity index is 3.05. The monoisotopic (exact) mass is 357 g/mol. The third-order valence-corrected chi connectivity index (χ3v) is 3.46. The van der Waals surface area contributed by atoms with Gasteiger partial charge < -0.3 is 15.0 Å². The van der Waals surface area contributed by atoms with Gasteiger partial charge in [0.15, 0.2) is 0 Å². The van der Waals surface area contributed by atoms with Crippen LogP contribution in [0, 0.1) is 23.2 Å². The van der Waals surface area contributed by atoms with Crippen molar-refractivity contribution in [3.63, 3.8) is 0 Å². The first-order chi connectivity index (χ1) is 12.3. The number of para-hydroxylation sites is 1. The Morgan fingerprint density at radius 1 is 1.19 bits per heavy atom. The van der Waals surface area contributed by atoms with Crippen molar-refractivity contribution in [3.05, 3.63) is 41.6 Å². The molecule has 0 fully saturated rings. The number of carbonyl (C=O) groups excluding carboxylic acids is 2. The molecule has 0 bridgehead atoms. The van der Waals surface area contributed by atoms with Crippen molar-refractivity contribution in [1.29, 1.82) is 5.26 Å². The summed E-state index contributed by atoms with van der Waals surface area (Å²) in [5.41, 5.74) is 0.539. The Kier molecular flexibility index (Phi) is 8.36. The second kappa shape index (κ2) is 10.2. The Labute approximate surface area is 155 Å². The Morgan fingerprint density at radius 2 is 1.77 bits per heavy atom. The molecule has 1 rings (SSSR count). The molecule has 0 saturated carbocycles. The second-order valence-corrected chi connectivity index (χ2v) is 6.89. The van der Waals surface area contributed by atoms with Gasteiger partial charge in [-0.15, -0.1) is 0 Å². The Morgan fingerprint density at radius 3 is 2.27 bits per heavy atom. The quantitative estimate of drug-likeness (QED) is 0.438. The normalized spacial score (nSPS) is 11.2. The van der Waals surface area contributed by atoms with Crippen molar-refractivity contribution in [2.75, 3.05) is 25.5 Å². The summed E-state index contributed by atoms with van der Waals surface area (Å²) in [4.78, 5) is 26.3. The van der Waals surface area contributed by atoms with Crippen LogP contribution in [0.5, 0.6) is 0 Å². The minimum absolute atomic E-state index is 0.00836. The van der Waals surface area contributed by atoms with Gasteiger partial charge in [-0.3, -0.25) is 4.79 Å². The van der Waals surface area contributed by atoms with Gasteiger partial charge >= 0.3 is 5.97 Å². The standard InChI is InChI=1S/C20H27N3O3/c1-14(2)11-23(12-15(3)4)13-16(10-21)19(24)22-18-9-7-6-8-17(18)20(25)26-5/h6-9,13-15H,11-12H2,1-5H3,(H,22,24)/b16-13-. The number of anilines is 1. The molecule has 6 heteroatoms. The minimum Gasteiger partial charge on any atom is -0.465 e. The lowest BCUT2D eigenvalue weighted by Crippen LogP contribution is -2.28. The topological polar surface area (TPSA) is 82.4 Å². The van der Waals surface area contributed by atoms with Crippen molar-refractivity contribution in [1.82, 2.24) is 4.90 Å². The van der Waals surface area contributed by atoms with Gasteiger partial charge in [0.2, 0.25) is 0 Å². The van der Waals surface area contributed by atoms with Crippen molar-refractivity contribution in [2.24, 2.45) is 11.8 Å². The van der Waals surface area contributed by atoms with Gasteiger partial charge in [0.25, 0.3) is 5.91 Å². The number of carbonyl (C=O) groups is 2. The lowest BCUT2D eigenvalue weighted by molar-refractivity contribution is -0.112. The van der Waals surface area contributed by atoms with E-state index in [1.165, 1.54) is 7.11 Å². The number of nitrogens with one attached hydrogen (secondary N) is 1. The summed E-state index contributed by atoms with van der Waals surface area (Å²) in [5, 5.41) is 12.1. The zero-order valence-corrected chi connectivity index (χ0v) is 16.1. The van der Waals surface area contributed by atoms with E-state index in [9.17, 15) is 14.9 Å². The van der Waals surface area contributed by atoms with E-state index in [2.05, 4.69) is 33.0 Å². The first-order valence-electron chi connectivity index (χ1n) is 8.63. The average molecular weight is 357 g/mol. The highest BCUT2D eigenvalue weighted by Crippen LogP contribution is 2.17. The predicted molar refractivity (Wildman–Crippen MR) is 101 cm³/mol. The van der Waals surface area contributed by atoms with E-state index in [-0.39, 0.29) is 11.1 Å². The number of amides is 1. The number of benzene rings is 1. The number of ether oxygens (including phenoxy) is 1. The van der Waals surface area contributed by atoms with E-state index in [1.807, 2.05) is 11.0 Å². The van der Waals surface area contributed by atoms with Crippen molar-refractivity contribution < 1.29 is 14.3 Å². The molecule has 6 nitrogen and oxygen atoms in total. The van der Waals surface area contributed by atoms with E-state index in [0.29, 0.717) is 17.5 Å². The van der Waals surface area contributed by atoms with Gasteiger partial charge in [-0.2, -0.15) is 5.26 Å². The number of hydrogen-bond donors (Lipinski definition) is 1. The highest BCUT2D eigenvalue weighted by molar-refractivity contribution is 6.09. The van der Waals surface area contributed by atoms with E-state index in [1.54, 1.807) is 30.5 Å². The lowest BCUT2D eigenvalue weighted by atomic mass is 10.1. The second-order valence-electron chi connectivity index (χ2n) is 6.89. The molecule has 0 spiro atoms. The molecule has 0 aliphatic heterocycles. The van der Waals surface area contributed by atoms with Gasteiger partial charge in [0.05, 0.1) is 18.4 Å². The molecule has 0 atom stereocenters. The molecule has 0 saturated heterocycles. The number of nitriles is 1. The molecular weight excluding hydrogens is 330 g/mol. The summed E-state index contributed by atoms with van der Waals surface area (Å²) in [5.74, 6) is -0.313. The molecule has 1 N–H and O–H groups in total. The average Bonchev–Trinajstić information content (AvgIpc) is 2.58. The van der Waals surface area contributed by atoms with Gasteiger partial charge in [0.1, 0.15) is 11.6 Å². The summed E-state index contributed by atoms with van der Waals surface area (Å²) < 4.78 is 4.72. The maximum Gasteiger partial charge on any atom is 0.339 e. The number of rotatable bonds is 8. The van der Waals surface area contributed by atoms with Gasteiger partial charge in [-0.05, 0) is 24.0 Å². The van der Waals surface area contributed by atoms with Crippen LogP contribution >= 0.6 is 0 Å². The smallest absolute Gasteiger partial charge is 0.339 e. The zero-order valence-electron chi connectivity index (χ0n) is 16.1. The van der Waals surface area contributed by atoms with Crippen molar-refractivity contribution in [3.8, 4) is 6.07 Å². The van der Waals surface area contributed by atoms with Crippen LogP contribution < -0.4 is 5.32 Å². The predicted octanol–water partition coefficient (Wildman–Crippen LogP) is 3.43. The Hall–Kier alpha value is -2.81. The first kappa shape index (κ1) is 21.2. The maximum absolute atomic E-state index is 12.5. The summed E-state index contributed by atoms with van der Waals surface area (Å²) in [7, 11) is 1.28. The number of nitrogens with zero attached hydrogens (tertiary/aromatic N) is 2. The fraction of sp³-hybridized carbons (Fsp3) is 0.450. The summed E-state index contributed by atoms with van der Waals surface area (Å²) >= 11 is 0. The van der Waals surface area contributed by atoms with E-state index < -0.39 is 11.9 Å². The molecule has 0 unspecified atom stereocenters. The van der Waals surface area contributed by atoms with Gasteiger partial charge in [-0.1, -0.05) is 39.8 Å². The van der Waals surface area contributed by atoms with Crippen molar-refractivity contribution >= 4 is 17.6 Å². The third kappa shape index (κ3) is 6.60. The molecule has 1 aromatic carbocycles. The van der Waals surface area contributed by atoms with Crippen LogP contribution in [0.15, 0.2) is 36.0 Å². The molecule has 0 aliphatic carbocycles. The largest absolute Gasteiger partial charge is 0.465 e. The molecule has 0 heterocycles. The van der Waals surface area contributed by atoms with Crippen LogP contribution in [0.25, 0.3) is 0 Å². The molecule has 0 aromatic heterocycles. The maximum atomic E-state index is 12.5. The van der Waals surface area contributed by atoms with E-state index >= 15 is 0 Å². The van der Waals surface area contributed by atoms with Gasteiger partial charge in [0, 0.05) is 19.3 Å². The highest BCUT2D eigenvalue weighted by Gasteiger charge is 2.17.